The monoisotopic (exact) mass is 186 g/mol. The van der Waals surface area contributed by atoms with Crippen LogP contribution in [-0.2, 0) is 14.3 Å². The van der Waals surface area contributed by atoms with Crippen molar-refractivity contribution in [2.45, 2.75) is 26.7 Å². The van der Waals surface area contributed by atoms with Crippen molar-refractivity contribution in [3.8, 4) is 0 Å². The van der Waals surface area contributed by atoms with Crippen LogP contribution in [0.3, 0.4) is 0 Å². The molecule has 0 N–H and O–H groups in total. The number of hydrogen-bond donors (Lipinski definition) is 0. The van der Waals surface area contributed by atoms with E-state index in [4.69, 9.17) is 9.47 Å². The largest absolute Gasteiger partial charge is 0.466 e. The minimum Gasteiger partial charge on any atom is -0.466 e. The molecule has 0 aliphatic carbocycles. The molecule has 0 aliphatic rings. The average molecular weight is 186 g/mol. The molecule has 0 rings (SSSR count). The smallest absolute Gasteiger partial charge is 0.302 e. The Hall–Kier alpha value is -0.830. The maximum absolute atomic E-state index is 10.4. The van der Waals surface area contributed by atoms with Crippen LogP contribution in [0.4, 0.5) is 0 Å². The lowest BCUT2D eigenvalue weighted by molar-refractivity contribution is -0.141. The second kappa shape index (κ2) is 9.26. The van der Waals surface area contributed by atoms with Crippen LogP contribution in [0, 0.1) is 0 Å². The summed E-state index contributed by atoms with van der Waals surface area (Å²) in [4.78, 5) is 10.4. The van der Waals surface area contributed by atoms with Gasteiger partial charge >= 0.3 is 5.97 Å². The van der Waals surface area contributed by atoms with E-state index in [1.807, 2.05) is 19.1 Å². The summed E-state index contributed by atoms with van der Waals surface area (Å²) >= 11 is 0. The third-order valence-electron chi connectivity index (χ3n) is 1.44. The normalized spacial score (nSPS) is 10.6. The van der Waals surface area contributed by atoms with Crippen LogP contribution in [0.5, 0.6) is 0 Å². The predicted molar refractivity (Wildman–Crippen MR) is 51.5 cm³/mol. The van der Waals surface area contributed by atoms with Crippen molar-refractivity contribution in [1.82, 2.24) is 0 Å². The van der Waals surface area contributed by atoms with E-state index in [-0.39, 0.29) is 5.97 Å². The molecule has 0 atom stereocenters. The Morgan fingerprint density at radius 1 is 1.31 bits per heavy atom. The summed E-state index contributed by atoms with van der Waals surface area (Å²) in [7, 11) is 0. The van der Waals surface area contributed by atoms with Crippen LogP contribution in [0.1, 0.15) is 26.7 Å². The summed E-state index contributed by atoms with van der Waals surface area (Å²) in [5.74, 6) is -0.213. The van der Waals surface area contributed by atoms with Crippen LogP contribution in [0.2, 0.25) is 0 Å². The molecule has 3 heteroatoms. The fraction of sp³-hybridized carbons (Fsp3) is 0.700. The highest BCUT2D eigenvalue weighted by Crippen LogP contribution is 1.92. The zero-order valence-electron chi connectivity index (χ0n) is 8.41. The van der Waals surface area contributed by atoms with Crippen molar-refractivity contribution in [3.05, 3.63) is 12.2 Å². The minimum absolute atomic E-state index is 0.213. The molecule has 0 spiro atoms. The van der Waals surface area contributed by atoms with Crippen molar-refractivity contribution in [2.75, 3.05) is 19.8 Å². The molecule has 3 nitrogen and oxygen atoms in total. The molecule has 0 heterocycles. The summed E-state index contributed by atoms with van der Waals surface area (Å²) in [5, 5.41) is 0. The molecule has 13 heavy (non-hydrogen) atoms. The Morgan fingerprint density at radius 3 is 2.62 bits per heavy atom. The molecule has 0 aromatic carbocycles. The van der Waals surface area contributed by atoms with E-state index in [0.717, 1.165) is 19.4 Å². The average Bonchev–Trinajstić information content (AvgIpc) is 2.09. The lowest BCUT2D eigenvalue weighted by atomic mass is 10.3. The fourth-order valence-electron chi connectivity index (χ4n) is 0.770. The van der Waals surface area contributed by atoms with E-state index in [1.54, 1.807) is 0 Å². The highest BCUT2D eigenvalue weighted by molar-refractivity contribution is 5.65. The first kappa shape index (κ1) is 12.2. The quantitative estimate of drug-likeness (QED) is 0.346. The van der Waals surface area contributed by atoms with E-state index in [9.17, 15) is 4.79 Å². The van der Waals surface area contributed by atoms with E-state index in [1.165, 1.54) is 6.92 Å². The van der Waals surface area contributed by atoms with Gasteiger partial charge in [-0.15, -0.1) is 0 Å². The second-order valence-corrected chi connectivity index (χ2v) is 2.69. The maximum Gasteiger partial charge on any atom is 0.302 e. The van der Waals surface area contributed by atoms with Gasteiger partial charge in [-0.3, -0.25) is 4.79 Å². The molecule has 0 aliphatic heterocycles. The van der Waals surface area contributed by atoms with Crippen LogP contribution < -0.4 is 0 Å². The van der Waals surface area contributed by atoms with Gasteiger partial charge in [0.2, 0.25) is 0 Å². The van der Waals surface area contributed by atoms with Gasteiger partial charge in [-0.05, 0) is 19.8 Å². The van der Waals surface area contributed by atoms with Crippen molar-refractivity contribution < 1.29 is 14.3 Å². The Kier molecular flexibility index (Phi) is 8.67. The molecular weight excluding hydrogens is 168 g/mol. The van der Waals surface area contributed by atoms with Crippen molar-refractivity contribution in [3.63, 3.8) is 0 Å². The molecule has 76 valence electrons. The van der Waals surface area contributed by atoms with E-state index in [2.05, 4.69) is 0 Å². The van der Waals surface area contributed by atoms with Gasteiger partial charge in [0.05, 0.1) is 13.2 Å². The second-order valence-electron chi connectivity index (χ2n) is 2.69. The Labute approximate surface area is 79.7 Å². The van der Waals surface area contributed by atoms with Crippen molar-refractivity contribution in [1.29, 1.82) is 0 Å². The first-order chi connectivity index (χ1) is 6.27. The van der Waals surface area contributed by atoms with E-state index in [0.29, 0.717) is 13.2 Å². The Balaban J connectivity index is 2.95. The van der Waals surface area contributed by atoms with Crippen LogP contribution in [0.25, 0.3) is 0 Å². The minimum atomic E-state index is -0.213. The third kappa shape index (κ3) is 11.2. The summed E-state index contributed by atoms with van der Waals surface area (Å²) in [6, 6.07) is 0. The summed E-state index contributed by atoms with van der Waals surface area (Å²) in [6.45, 7) is 5.28. The highest BCUT2D eigenvalue weighted by Gasteiger charge is 1.92. The first-order valence-corrected chi connectivity index (χ1v) is 4.59. The number of carbonyl (C=O) groups is 1. The molecule has 0 aromatic heterocycles. The van der Waals surface area contributed by atoms with Gasteiger partial charge in [0.1, 0.15) is 0 Å². The molecular formula is C10H18O3. The fourth-order valence-corrected chi connectivity index (χ4v) is 0.770. The molecule has 0 saturated heterocycles. The van der Waals surface area contributed by atoms with Gasteiger partial charge in [-0.1, -0.05) is 12.2 Å². The van der Waals surface area contributed by atoms with Gasteiger partial charge < -0.3 is 9.47 Å². The molecule has 0 fully saturated rings. The zero-order chi connectivity index (χ0) is 9.94. The summed E-state index contributed by atoms with van der Waals surface area (Å²) in [6.07, 6.45) is 5.73. The van der Waals surface area contributed by atoms with Gasteiger partial charge in [0, 0.05) is 13.5 Å². The van der Waals surface area contributed by atoms with Gasteiger partial charge in [-0.25, -0.2) is 0 Å². The Morgan fingerprint density at radius 2 is 2.00 bits per heavy atom. The number of esters is 1. The third-order valence-corrected chi connectivity index (χ3v) is 1.44. The first-order valence-electron chi connectivity index (χ1n) is 4.59. The van der Waals surface area contributed by atoms with E-state index >= 15 is 0 Å². The van der Waals surface area contributed by atoms with Gasteiger partial charge in [0.15, 0.2) is 0 Å². The van der Waals surface area contributed by atoms with Crippen LogP contribution in [0.15, 0.2) is 12.2 Å². The number of rotatable bonds is 7. The standard InChI is InChI=1S/C10H18O3/c1-3-4-7-12-8-5-6-9-13-10(2)11/h3-4H,5-9H2,1-2H3. The lowest BCUT2D eigenvalue weighted by Crippen LogP contribution is -2.02. The van der Waals surface area contributed by atoms with Crippen molar-refractivity contribution >= 4 is 5.97 Å². The van der Waals surface area contributed by atoms with Crippen molar-refractivity contribution in [2.24, 2.45) is 0 Å². The molecule has 0 bridgehead atoms. The summed E-state index contributed by atoms with van der Waals surface area (Å²) in [5.41, 5.74) is 0. The lowest BCUT2D eigenvalue weighted by Gasteiger charge is -2.01. The van der Waals surface area contributed by atoms with Crippen LogP contribution in [-0.4, -0.2) is 25.8 Å². The molecule has 0 radical (unpaired) electrons. The Bertz CT molecular complexity index is 152. The number of hydrogen-bond acceptors (Lipinski definition) is 3. The van der Waals surface area contributed by atoms with Gasteiger partial charge in [0.25, 0.3) is 0 Å². The highest BCUT2D eigenvalue weighted by atomic mass is 16.5. The number of allylic oxidation sites excluding steroid dienone is 1. The number of ether oxygens (including phenoxy) is 2. The molecule has 0 unspecified atom stereocenters. The summed E-state index contributed by atoms with van der Waals surface area (Å²) < 4.78 is 10.0. The van der Waals surface area contributed by atoms with E-state index < -0.39 is 0 Å². The van der Waals surface area contributed by atoms with Gasteiger partial charge in [-0.2, -0.15) is 0 Å². The predicted octanol–water partition coefficient (Wildman–Crippen LogP) is 1.92. The number of carbonyl (C=O) groups excluding carboxylic acids is 1. The zero-order valence-corrected chi connectivity index (χ0v) is 8.41. The maximum atomic E-state index is 10.4. The van der Waals surface area contributed by atoms with Crippen LogP contribution >= 0.6 is 0 Å². The topological polar surface area (TPSA) is 35.5 Å². The number of unbranched alkanes of at least 4 members (excludes halogenated alkanes) is 1. The molecule has 0 saturated carbocycles. The SMILES string of the molecule is CC=CCOCCCCOC(C)=O. The molecule has 0 aromatic rings. The molecule has 0 amide bonds.